The molecule has 0 bridgehead atoms. The van der Waals surface area contributed by atoms with Gasteiger partial charge in [-0.25, -0.2) is 9.97 Å². The molecule has 8 heteroatoms. The Kier molecular flexibility index (Phi) is 6.11. The van der Waals surface area contributed by atoms with Crippen LogP contribution in [0.25, 0.3) is 0 Å². The molecule has 2 rings (SSSR count). The summed E-state index contributed by atoms with van der Waals surface area (Å²) in [6.45, 7) is 4.29. The zero-order valence-corrected chi connectivity index (χ0v) is 14.4. The molecule has 2 aromatic heterocycles. The number of primary amides is 1. The average Bonchev–Trinajstić information content (AvgIpc) is 2.92. The molecule has 1 amide bonds. The predicted molar refractivity (Wildman–Crippen MR) is 94.3 cm³/mol. The van der Waals surface area contributed by atoms with Crippen molar-refractivity contribution in [3.8, 4) is 0 Å². The van der Waals surface area contributed by atoms with Gasteiger partial charge in [0.15, 0.2) is 11.5 Å². The molecule has 0 spiro atoms. The number of unbranched alkanes of at least 4 members (excludes halogenated alkanes) is 2. The number of amides is 1. The number of rotatable bonds is 9. The van der Waals surface area contributed by atoms with Crippen LogP contribution >= 0.6 is 0 Å². The van der Waals surface area contributed by atoms with Gasteiger partial charge in [-0.3, -0.25) is 9.48 Å². The first-order valence-electron chi connectivity index (χ1n) is 8.18. The van der Waals surface area contributed by atoms with Crippen molar-refractivity contribution in [2.24, 2.45) is 12.8 Å². The third kappa shape index (κ3) is 4.94. The number of hydrogen-bond donors (Lipinski definition) is 3. The molecular weight excluding hydrogens is 306 g/mol. The summed E-state index contributed by atoms with van der Waals surface area (Å²) in [6.07, 6.45) is 9.58. The third-order valence-corrected chi connectivity index (χ3v) is 3.61. The van der Waals surface area contributed by atoms with Crippen LogP contribution in [0.4, 0.5) is 17.3 Å². The van der Waals surface area contributed by atoms with Crippen molar-refractivity contribution in [2.45, 2.75) is 45.6 Å². The van der Waals surface area contributed by atoms with E-state index in [2.05, 4.69) is 39.5 Å². The van der Waals surface area contributed by atoms with Gasteiger partial charge in [-0.05, 0) is 13.3 Å². The number of carbonyl (C=O) groups excluding carboxylic acids is 1. The molecule has 0 saturated carbocycles. The maximum Gasteiger partial charge on any atom is 0.271 e. The topological polar surface area (TPSA) is 111 Å². The molecule has 0 unspecified atom stereocenters. The molecule has 2 aromatic rings. The van der Waals surface area contributed by atoms with Gasteiger partial charge < -0.3 is 16.4 Å². The molecule has 0 aliphatic heterocycles. The predicted octanol–water partition coefficient (Wildman–Crippen LogP) is 2.43. The highest BCUT2D eigenvalue weighted by Gasteiger charge is 2.14. The average molecular weight is 331 g/mol. The highest BCUT2D eigenvalue weighted by atomic mass is 16.1. The monoisotopic (exact) mass is 331 g/mol. The van der Waals surface area contributed by atoms with Crippen molar-refractivity contribution < 1.29 is 4.79 Å². The van der Waals surface area contributed by atoms with Crippen LogP contribution in [-0.4, -0.2) is 31.7 Å². The summed E-state index contributed by atoms with van der Waals surface area (Å²) in [7, 11) is 1.81. The van der Waals surface area contributed by atoms with Gasteiger partial charge in [0, 0.05) is 19.3 Å². The van der Waals surface area contributed by atoms with Crippen LogP contribution in [0, 0.1) is 0 Å². The van der Waals surface area contributed by atoms with Crippen LogP contribution < -0.4 is 16.4 Å². The van der Waals surface area contributed by atoms with E-state index in [-0.39, 0.29) is 11.7 Å². The van der Waals surface area contributed by atoms with Crippen molar-refractivity contribution in [3.63, 3.8) is 0 Å². The number of nitrogens with two attached hydrogens (primary N) is 1. The number of hydrogen-bond acceptors (Lipinski definition) is 6. The Balaban J connectivity index is 2.13. The van der Waals surface area contributed by atoms with Crippen LogP contribution in [0.1, 0.15) is 50.0 Å². The summed E-state index contributed by atoms with van der Waals surface area (Å²) in [4.78, 5) is 20.1. The molecule has 0 radical (unpaired) electrons. The van der Waals surface area contributed by atoms with Gasteiger partial charge in [-0.2, -0.15) is 5.10 Å². The van der Waals surface area contributed by atoms with Gasteiger partial charge in [0.05, 0.1) is 18.1 Å². The van der Waals surface area contributed by atoms with E-state index in [1.165, 1.54) is 19.0 Å². The summed E-state index contributed by atoms with van der Waals surface area (Å²) >= 11 is 0. The van der Waals surface area contributed by atoms with Gasteiger partial charge in [0.1, 0.15) is 5.82 Å². The Hall–Kier alpha value is -2.64. The normalized spacial score (nSPS) is 12.0. The Morgan fingerprint density at radius 1 is 1.38 bits per heavy atom. The minimum absolute atomic E-state index is 0.100. The minimum Gasteiger partial charge on any atom is -0.366 e. The Labute approximate surface area is 141 Å². The van der Waals surface area contributed by atoms with Crippen molar-refractivity contribution in [1.82, 2.24) is 19.7 Å². The van der Waals surface area contributed by atoms with Gasteiger partial charge >= 0.3 is 0 Å². The van der Waals surface area contributed by atoms with Gasteiger partial charge in [0.25, 0.3) is 5.91 Å². The van der Waals surface area contributed by atoms with Crippen LogP contribution in [0.2, 0.25) is 0 Å². The lowest BCUT2D eigenvalue weighted by Gasteiger charge is -2.15. The summed E-state index contributed by atoms with van der Waals surface area (Å²) in [5.41, 5.74) is 6.19. The fourth-order valence-corrected chi connectivity index (χ4v) is 2.37. The number of anilines is 3. The molecule has 0 aliphatic rings. The van der Waals surface area contributed by atoms with Gasteiger partial charge in [-0.1, -0.05) is 26.2 Å². The number of aryl methyl sites for hydroxylation is 1. The van der Waals surface area contributed by atoms with Crippen molar-refractivity contribution >= 4 is 23.2 Å². The fraction of sp³-hybridized carbons (Fsp3) is 0.500. The molecule has 2 heterocycles. The van der Waals surface area contributed by atoms with Crippen molar-refractivity contribution in [1.29, 1.82) is 0 Å². The maximum atomic E-state index is 11.6. The molecule has 0 aromatic carbocycles. The highest BCUT2D eigenvalue weighted by molar-refractivity contribution is 5.96. The van der Waals surface area contributed by atoms with Crippen LogP contribution in [0.15, 0.2) is 18.6 Å². The van der Waals surface area contributed by atoms with E-state index in [1.807, 2.05) is 7.05 Å². The largest absolute Gasteiger partial charge is 0.366 e. The van der Waals surface area contributed by atoms with E-state index in [9.17, 15) is 4.79 Å². The molecule has 1 atom stereocenters. The van der Waals surface area contributed by atoms with E-state index < -0.39 is 5.91 Å². The zero-order valence-electron chi connectivity index (χ0n) is 14.4. The van der Waals surface area contributed by atoms with E-state index in [0.717, 1.165) is 12.8 Å². The zero-order chi connectivity index (χ0) is 17.5. The third-order valence-electron chi connectivity index (χ3n) is 3.61. The quantitative estimate of drug-likeness (QED) is 0.609. The van der Waals surface area contributed by atoms with Gasteiger partial charge in [0.2, 0.25) is 0 Å². The molecule has 0 saturated heterocycles. The summed E-state index contributed by atoms with van der Waals surface area (Å²) in [5, 5.41) is 10.4. The Morgan fingerprint density at radius 2 is 2.17 bits per heavy atom. The second-order valence-electron chi connectivity index (χ2n) is 5.89. The summed E-state index contributed by atoms with van der Waals surface area (Å²) in [6, 6.07) is 0.275. The molecule has 24 heavy (non-hydrogen) atoms. The fourth-order valence-electron chi connectivity index (χ4n) is 2.37. The first kappa shape index (κ1) is 17.7. The van der Waals surface area contributed by atoms with Crippen molar-refractivity contribution in [2.75, 3.05) is 10.6 Å². The smallest absolute Gasteiger partial charge is 0.271 e. The maximum absolute atomic E-state index is 11.6. The number of nitrogens with zero attached hydrogens (tertiary/aromatic N) is 4. The SMILES string of the molecule is CCCCC[C@@H](C)Nc1cnc(C(N)=O)c(Nc2cnn(C)c2)n1. The first-order chi connectivity index (χ1) is 11.5. The van der Waals surface area contributed by atoms with Crippen molar-refractivity contribution in [3.05, 3.63) is 24.3 Å². The van der Waals surface area contributed by atoms with Crippen LogP contribution in [-0.2, 0) is 7.05 Å². The Morgan fingerprint density at radius 3 is 2.79 bits per heavy atom. The number of carbonyl (C=O) groups is 1. The lowest BCUT2D eigenvalue weighted by atomic mass is 10.1. The van der Waals surface area contributed by atoms with Crippen LogP contribution in [0.5, 0.6) is 0 Å². The Bertz CT molecular complexity index is 683. The highest BCUT2D eigenvalue weighted by Crippen LogP contribution is 2.19. The lowest BCUT2D eigenvalue weighted by molar-refractivity contribution is 0.0996. The molecule has 0 fully saturated rings. The molecule has 0 aliphatic carbocycles. The van der Waals surface area contributed by atoms with E-state index in [1.54, 1.807) is 17.1 Å². The first-order valence-corrected chi connectivity index (χ1v) is 8.18. The summed E-state index contributed by atoms with van der Waals surface area (Å²) < 4.78 is 1.65. The molecule has 130 valence electrons. The summed E-state index contributed by atoms with van der Waals surface area (Å²) in [5.74, 6) is 0.299. The molecule has 4 N–H and O–H groups in total. The minimum atomic E-state index is -0.628. The standard InChI is InChI=1S/C16H25N7O/c1-4-5-6-7-11(2)20-13-9-18-14(15(17)24)16(22-13)21-12-8-19-23(3)10-12/h8-11H,4-7H2,1-3H3,(H2,17,24)(H2,20,21,22)/t11-/m1/s1. The second-order valence-corrected chi connectivity index (χ2v) is 5.89. The van der Waals surface area contributed by atoms with E-state index >= 15 is 0 Å². The number of nitrogens with one attached hydrogen (secondary N) is 2. The molecular formula is C16H25N7O. The second kappa shape index (κ2) is 8.28. The number of aromatic nitrogens is 4. The lowest BCUT2D eigenvalue weighted by Crippen LogP contribution is -2.20. The van der Waals surface area contributed by atoms with E-state index in [0.29, 0.717) is 17.3 Å². The molecule has 8 nitrogen and oxygen atoms in total. The van der Waals surface area contributed by atoms with Crippen LogP contribution in [0.3, 0.4) is 0 Å². The van der Waals surface area contributed by atoms with Gasteiger partial charge in [-0.15, -0.1) is 0 Å². The van der Waals surface area contributed by atoms with E-state index in [4.69, 9.17) is 5.73 Å².